The molecule has 24 heavy (non-hydrogen) atoms. The number of hydrogen-bond acceptors (Lipinski definition) is 5. The van der Waals surface area contributed by atoms with Gasteiger partial charge in [-0.15, -0.1) is 0 Å². The number of ether oxygens (including phenoxy) is 3. The summed E-state index contributed by atoms with van der Waals surface area (Å²) in [7, 11) is 2.96. The number of aliphatic imine (C=N–C) groups is 1. The highest BCUT2D eigenvalue weighted by Crippen LogP contribution is 2.38. The summed E-state index contributed by atoms with van der Waals surface area (Å²) in [6.07, 6.45) is 0. The molecule has 1 aliphatic heterocycles. The van der Waals surface area contributed by atoms with Gasteiger partial charge in [0.1, 0.15) is 5.92 Å². The minimum Gasteiger partial charge on any atom is -0.492 e. The van der Waals surface area contributed by atoms with Crippen LogP contribution in [0.5, 0.6) is 11.5 Å². The molecule has 0 bridgehead atoms. The van der Waals surface area contributed by atoms with E-state index in [2.05, 4.69) is 32.9 Å². The van der Waals surface area contributed by atoms with Gasteiger partial charge in [-0.1, -0.05) is 0 Å². The molecule has 2 atom stereocenters. The number of hydrogen-bond donors (Lipinski definition) is 1. The SMILES string of the molecule is CCOc1cc(C2NC(=S)N=C(C)C2C(=O)OC)cc(I)c1OC. The second-order valence-corrected chi connectivity index (χ2v) is 6.70. The summed E-state index contributed by atoms with van der Waals surface area (Å²) in [5.74, 6) is 0.374. The van der Waals surface area contributed by atoms with Crippen molar-refractivity contribution in [2.24, 2.45) is 10.9 Å². The number of rotatable bonds is 5. The van der Waals surface area contributed by atoms with E-state index in [-0.39, 0.29) is 12.0 Å². The number of nitrogens with one attached hydrogen (secondary N) is 1. The smallest absolute Gasteiger partial charge is 0.316 e. The summed E-state index contributed by atoms with van der Waals surface area (Å²) in [5, 5.41) is 3.45. The van der Waals surface area contributed by atoms with Gasteiger partial charge in [0, 0.05) is 5.71 Å². The summed E-state index contributed by atoms with van der Waals surface area (Å²) >= 11 is 7.37. The van der Waals surface area contributed by atoms with Crippen molar-refractivity contribution >= 4 is 51.6 Å². The van der Waals surface area contributed by atoms with Gasteiger partial charge in [0.2, 0.25) is 0 Å². The monoisotopic (exact) mass is 462 g/mol. The van der Waals surface area contributed by atoms with Gasteiger partial charge in [0.15, 0.2) is 16.6 Å². The second kappa shape index (κ2) is 8.11. The molecule has 130 valence electrons. The van der Waals surface area contributed by atoms with Crippen molar-refractivity contribution in [2.75, 3.05) is 20.8 Å². The van der Waals surface area contributed by atoms with Crippen LogP contribution in [0, 0.1) is 9.49 Å². The number of benzene rings is 1. The molecule has 1 N–H and O–H groups in total. The Hall–Kier alpha value is -1.42. The van der Waals surface area contributed by atoms with Crippen LogP contribution in [0.2, 0.25) is 0 Å². The quantitative estimate of drug-likeness (QED) is 0.413. The Labute approximate surface area is 160 Å². The molecule has 0 fully saturated rings. The first kappa shape index (κ1) is 18.9. The van der Waals surface area contributed by atoms with Crippen LogP contribution < -0.4 is 14.8 Å². The van der Waals surface area contributed by atoms with Gasteiger partial charge < -0.3 is 19.5 Å². The predicted molar refractivity (Wildman–Crippen MR) is 104 cm³/mol. The summed E-state index contributed by atoms with van der Waals surface area (Å²) in [5.41, 5.74) is 1.48. The van der Waals surface area contributed by atoms with Crippen molar-refractivity contribution in [1.29, 1.82) is 0 Å². The van der Waals surface area contributed by atoms with E-state index >= 15 is 0 Å². The second-order valence-electron chi connectivity index (χ2n) is 5.15. The predicted octanol–water partition coefficient (Wildman–Crippen LogP) is 2.88. The van der Waals surface area contributed by atoms with Gasteiger partial charge >= 0.3 is 5.97 Å². The number of methoxy groups -OCH3 is 2. The van der Waals surface area contributed by atoms with E-state index in [1.807, 2.05) is 19.1 Å². The zero-order chi connectivity index (χ0) is 17.9. The molecule has 6 nitrogen and oxygen atoms in total. The number of esters is 1. The van der Waals surface area contributed by atoms with E-state index in [0.29, 0.717) is 28.9 Å². The maximum Gasteiger partial charge on any atom is 0.316 e. The maximum atomic E-state index is 12.2. The molecule has 0 aromatic heterocycles. The van der Waals surface area contributed by atoms with E-state index in [9.17, 15) is 4.79 Å². The Balaban J connectivity index is 2.53. The fraction of sp³-hybridized carbons (Fsp3) is 0.438. The molecule has 1 aromatic rings. The minimum absolute atomic E-state index is 0.349. The van der Waals surface area contributed by atoms with Gasteiger partial charge in [0.05, 0.1) is 30.4 Å². The molecular weight excluding hydrogens is 443 g/mol. The first-order valence-electron chi connectivity index (χ1n) is 7.36. The summed E-state index contributed by atoms with van der Waals surface area (Å²) in [6.45, 7) is 4.19. The lowest BCUT2D eigenvalue weighted by Crippen LogP contribution is -2.44. The Morgan fingerprint density at radius 1 is 1.42 bits per heavy atom. The van der Waals surface area contributed by atoms with Gasteiger partial charge in [-0.05, 0) is 66.4 Å². The molecular formula is C16H19IN2O4S. The lowest BCUT2D eigenvalue weighted by molar-refractivity contribution is -0.143. The van der Waals surface area contributed by atoms with E-state index in [0.717, 1.165) is 9.13 Å². The van der Waals surface area contributed by atoms with Crippen molar-refractivity contribution < 1.29 is 19.0 Å². The summed E-state index contributed by atoms with van der Waals surface area (Å²) < 4.78 is 16.9. The molecule has 1 aromatic carbocycles. The molecule has 1 heterocycles. The standard InChI is InChI=1S/C16H19IN2O4S/c1-5-23-11-7-9(6-10(17)14(11)21-3)13-12(15(20)22-4)8(2)18-16(24)19-13/h6-7,12-13H,5H2,1-4H3,(H,19,24). The molecule has 0 saturated heterocycles. The fourth-order valence-corrected chi connectivity index (χ4v) is 3.77. The Morgan fingerprint density at radius 2 is 2.12 bits per heavy atom. The zero-order valence-corrected chi connectivity index (χ0v) is 16.9. The zero-order valence-electron chi connectivity index (χ0n) is 13.9. The van der Waals surface area contributed by atoms with Crippen LogP contribution in [-0.2, 0) is 9.53 Å². The largest absolute Gasteiger partial charge is 0.492 e. The molecule has 8 heteroatoms. The van der Waals surface area contributed by atoms with E-state index in [1.54, 1.807) is 14.0 Å². The first-order valence-corrected chi connectivity index (χ1v) is 8.85. The Kier molecular flexibility index (Phi) is 6.39. The van der Waals surface area contributed by atoms with Crippen molar-refractivity contribution in [3.05, 3.63) is 21.3 Å². The van der Waals surface area contributed by atoms with Gasteiger partial charge in [0.25, 0.3) is 0 Å². The highest BCUT2D eigenvalue weighted by Gasteiger charge is 2.37. The van der Waals surface area contributed by atoms with Crippen LogP contribution in [0.1, 0.15) is 25.5 Å². The van der Waals surface area contributed by atoms with E-state index in [1.165, 1.54) is 7.11 Å². The first-order chi connectivity index (χ1) is 11.4. The third-order valence-electron chi connectivity index (χ3n) is 3.69. The molecule has 1 aliphatic rings. The van der Waals surface area contributed by atoms with Crippen LogP contribution in [0.3, 0.4) is 0 Å². The Bertz CT molecular complexity index is 693. The fourth-order valence-electron chi connectivity index (χ4n) is 2.66. The van der Waals surface area contributed by atoms with Crippen molar-refractivity contribution in [3.63, 3.8) is 0 Å². The molecule has 0 aliphatic carbocycles. The minimum atomic E-state index is -0.555. The van der Waals surface area contributed by atoms with Crippen molar-refractivity contribution in [3.8, 4) is 11.5 Å². The number of halogens is 1. The molecule has 0 saturated carbocycles. The topological polar surface area (TPSA) is 69.2 Å². The van der Waals surface area contributed by atoms with Crippen LogP contribution in [0.25, 0.3) is 0 Å². The van der Waals surface area contributed by atoms with Crippen LogP contribution in [0.15, 0.2) is 17.1 Å². The lowest BCUT2D eigenvalue weighted by atomic mass is 9.88. The average Bonchev–Trinajstić information content (AvgIpc) is 2.53. The normalized spacial score (nSPS) is 20.0. The van der Waals surface area contributed by atoms with Crippen LogP contribution >= 0.6 is 34.8 Å². The highest BCUT2D eigenvalue weighted by molar-refractivity contribution is 14.1. The molecule has 2 rings (SSSR count). The molecule has 2 unspecified atom stereocenters. The average molecular weight is 462 g/mol. The third kappa shape index (κ3) is 3.80. The van der Waals surface area contributed by atoms with Crippen LogP contribution in [-0.4, -0.2) is 37.6 Å². The Morgan fingerprint density at radius 3 is 2.71 bits per heavy atom. The summed E-state index contributed by atoms with van der Waals surface area (Å²) in [4.78, 5) is 16.4. The number of carbonyl (C=O) groups excluding carboxylic acids is 1. The molecule has 0 radical (unpaired) electrons. The molecule has 0 amide bonds. The van der Waals surface area contributed by atoms with E-state index < -0.39 is 5.92 Å². The number of nitrogens with zero attached hydrogens (tertiary/aromatic N) is 1. The summed E-state index contributed by atoms with van der Waals surface area (Å²) in [6, 6.07) is 3.43. The van der Waals surface area contributed by atoms with Gasteiger partial charge in [-0.2, -0.15) is 0 Å². The lowest BCUT2D eigenvalue weighted by Gasteiger charge is -2.31. The highest BCUT2D eigenvalue weighted by atomic mass is 127. The third-order valence-corrected chi connectivity index (χ3v) is 4.70. The van der Waals surface area contributed by atoms with Gasteiger partial charge in [-0.25, -0.2) is 4.99 Å². The van der Waals surface area contributed by atoms with Crippen LogP contribution in [0.4, 0.5) is 0 Å². The number of carbonyl (C=O) groups is 1. The van der Waals surface area contributed by atoms with E-state index in [4.69, 9.17) is 26.4 Å². The maximum absolute atomic E-state index is 12.2. The number of thiocarbonyl (C=S) groups is 1. The van der Waals surface area contributed by atoms with Gasteiger partial charge in [-0.3, -0.25) is 4.79 Å². The van der Waals surface area contributed by atoms with Crippen molar-refractivity contribution in [1.82, 2.24) is 5.32 Å². The van der Waals surface area contributed by atoms with Crippen molar-refractivity contribution in [2.45, 2.75) is 19.9 Å². The molecule has 0 spiro atoms.